The van der Waals surface area contributed by atoms with E-state index < -0.39 is 0 Å². The highest BCUT2D eigenvalue weighted by molar-refractivity contribution is 14.0. The zero-order chi connectivity index (χ0) is 17.5. The van der Waals surface area contributed by atoms with Crippen molar-refractivity contribution in [2.45, 2.75) is 26.9 Å². The maximum absolute atomic E-state index is 4.71. The Balaban J connectivity index is 0.00000243. The van der Waals surface area contributed by atoms with Crippen LogP contribution in [0.25, 0.3) is 0 Å². The lowest BCUT2D eigenvalue weighted by Crippen LogP contribution is -2.36. The van der Waals surface area contributed by atoms with Gasteiger partial charge in [-0.25, -0.2) is 4.99 Å². The topological polar surface area (TPSA) is 39.7 Å². The van der Waals surface area contributed by atoms with Crippen LogP contribution < -0.4 is 15.5 Å². The molecule has 2 heterocycles. The minimum absolute atomic E-state index is 0. The average Bonchev–Trinajstić information content (AvgIpc) is 3.30. The molecule has 26 heavy (non-hydrogen) atoms. The number of benzene rings is 1. The molecule has 2 N–H and O–H groups in total. The molecule has 1 aromatic heterocycles. The maximum atomic E-state index is 4.71. The van der Waals surface area contributed by atoms with E-state index in [2.05, 4.69) is 77.9 Å². The number of nitrogens with one attached hydrogen (secondary N) is 2. The van der Waals surface area contributed by atoms with Gasteiger partial charge >= 0.3 is 0 Å². The number of guanidine groups is 1. The molecule has 0 bridgehead atoms. The quantitative estimate of drug-likeness (QED) is 0.279. The van der Waals surface area contributed by atoms with Crippen molar-refractivity contribution in [1.29, 1.82) is 0 Å². The molecule has 1 aliphatic rings. The SMILES string of the molecule is CCNC(=NCc1ccc(N2CC=CC2)cc1)NCc1ccc(C)s1.I. The van der Waals surface area contributed by atoms with Crippen LogP contribution >= 0.6 is 35.3 Å². The van der Waals surface area contributed by atoms with Gasteiger partial charge in [0.25, 0.3) is 0 Å². The summed E-state index contributed by atoms with van der Waals surface area (Å²) in [4.78, 5) is 9.72. The summed E-state index contributed by atoms with van der Waals surface area (Å²) in [5.74, 6) is 0.862. The Morgan fingerprint density at radius 1 is 1.08 bits per heavy atom. The Hall–Kier alpha value is -1.54. The van der Waals surface area contributed by atoms with Crippen LogP contribution in [0.2, 0.25) is 0 Å². The van der Waals surface area contributed by atoms with Crippen LogP contribution in [0, 0.1) is 6.92 Å². The Labute approximate surface area is 177 Å². The number of thiophene rings is 1. The third-order valence-corrected chi connectivity index (χ3v) is 5.11. The fourth-order valence-corrected chi connectivity index (χ4v) is 3.59. The zero-order valence-electron chi connectivity index (χ0n) is 15.4. The molecule has 1 aromatic carbocycles. The molecule has 0 fully saturated rings. The van der Waals surface area contributed by atoms with Crippen LogP contribution in [-0.2, 0) is 13.1 Å². The number of nitrogens with zero attached hydrogens (tertiary/aromatic N) is 2. The van der Waals surface area contributed by atoms with Crippen LogP contribution in [0.5, 0.6) is 0 Å². The molecule has 0 saturated carbocycles. The molecule has 2 aromatic rings. The first kappa shape index (κ1) is 20.8. The van der Waals surface area contributed by atoms with Gasteiger partial charge in [-0.1, -0.05) is 24.3 Å². The molecule has 140 valence electrons. The summed E-state index contributed by atoms with van der Waals surface area (Å²) in [7, 11) is 0. The first-order valence-electron chi connectivity index (χ1n) is 8.81. The molecule has 1 aliphatic heterocycles. The van der Waals surface area contributed by atoms with Crippen LogP contribution in [0.1, 0.15) is 22.2 Å². The van der Waals surface area contributed by atoms with Crippen molar-refractivity contribution in [3.63, 3.8) is 0 Å². The molecule has 0 spiro atoms. The van der Waals surface area contributed by atoms with Gasteiger partial charge in [-0.05, 0) is 43.7 Å². The summed E-state index contributed by atoms with van der Waals surface area (Å²) < 4.78 is 0. The molecular weight excluding hydrogens is 455 g/mol. The first-order chi connectivity index (χ1) is 12.2. The van der Waals surface area contributed by atoms with Crippen LogP contribution in [0.3, 0.4) is 0 Å². The Morgan fingerprint density at radius 3 is 2.42 bits per heavy atom. The van der Waals surface area contributed by atoms with Gasteiger partial charge < -0.3 is 15.5 Å². The highest BCUT2D eigenvalue weighted by atomic mass is 127. The number of hydrogen-bond acceptors (Lipinski definition) is 3. The predicted molar refractivity (Wildman–Crippen MR) is 124 cm³/mol. The lowest BCUT2D eigenvalue weighted by atomic mass is 10.2. The lowest BCUT2D eigenvalue weighted by Gasteiger charge is -2.17. The van der Waals surface area contributed by atoms with Crippen molar-refractivity contribution in [2.75, 3.05) is 24.5 Å². The van der Waals surface area contributed by atoms with Gasteiger partial charge in [0.05, 0.1) is 13.1 Å². The van der Waals surface area contributed by atoms with Crippen molar-refractivity contribution in [3.05, 3.63) is 63.9 Å². The highest BCUT2D eigenvalue weighted by Crippen LogP contribution is 2.18. The van der Waals surface area contributed by atoms with E-state index in [1.165, 1.54) is 21.0 Å². The third kappa shape index (κ3) is 6.02. The number of halogens is 1. The van der Waals surface area contributed by atoms with E-state index in [0.717, 1.165) is 32.1 Å². The van der Waals surface area contributed by atoms with E-state index in [-0.39, 0.29) is 24.0 Å². The van der Waals surface area contributed by atoms with Gasteiger partial charge in [0, 0.05) is 35.1 Å². The minimum atomic E-state index is 0. The van der Waals surface area contributed by atoms with E-state index in [0.29, 0.717) is 6.54 Å². The molecule has 0 unspecified atom stereocenters. The minimum Gasteiger partial charge on any atom is -0.364 e. The largest absolute Gasteiger partial charge is 0.364 e. The lowest BCUT2D eigenvalue weighted by molar-refractivity contribution is 0.823. The predicted octanol–water partition coefficient (Wildman–Crippen LogP) is 4.31. The smallest absolute Gasteiger partial charge is 0.191 e. The molecule has 6 heteroatoms. The summed E-state index contributed by atoms with van der Waals surface area (Å²) >= 11 is 1.82. The molecule has 0 radical (unpaired) electrons. The molecule has 0 aliphatic carbocycles. The number of hydrogen-bond donors (Lipinski definition) is 2. The average molecular weight is 482 g/mol. The summed E-state index contributed by atoms with van der Waals surface area (Å²) in [6.07, 6.45) is 4.42. The Morgan fingerprint density at radius 2 is 1.81 bits per heavy atom. The molecule has 3 rings (SSSR count). The monoisotopic (exact) mass is 482 g/mol. The van der Waals surface area contributed by atoms with Crippen LogP contribution in [0.4, 0.5) is 5.69 Å². The van der Waals surface area contributed by atoms with E-state index in [1.807, 2.05) is 11.3 Å². The fourth-order valence-electron chi connectivity index (χ4n) is 2.76. The maximum Gasteiger partial charge on any atom is 0.191 e. The second kappa shape index (κ2) is 10.6. The normalized spacial score (nSPS) is 13.6. The number of rotatable bonds is 6. The number of aryl methyl sites for hydroxylation is 1. The van der Waals surface area contributed by atoms with Crippen LogP contribution in [-0.4, -0.2) is 25.6 Å². The third-order valence-electron chi connectivity index (χ3n) is 4.11. The first-order valence-corrected chi connectivity index (χ1v) is 9.62. The van der Waals surface area contributed by atoms with Crippen LogP contribution in [0.15, 0.2) is 53.5 Å². The summed E-state index contributed by atoms with van der Waals surface area (Å²) in [6.45, 7) is 8.59. The number of aliphatic imine (C=N–C) groups is 1. The van der Waals surface area contributed by atoms with E-state index in [9.17, 15) is 0 Å². The zero-order valence-corrected chi connectivity index (χ0v) is 18.5. The van der Waals surface area contributed by atoms with E-state index in [1.54, 1.807) is 0 Å². The van der Waals surface area contributed by atoms with Crippen molar-refractivity contribution in [1.82, 2.24) is 10.6 Å². The van der Waals surface area contributed by atoms with Crippen molar-refractivity contribution in [3.8, 4) is 0 Å². The fraction of sp³-hybridized carbons (Fsp3) is 0.350. The van der Waals surface area contributed by atoms with Gasteiger partial charge in [0.2, 0.25) is 0 Å². The van der Waals surface area contributed by atoms with Crippen molar-refractivity contribution in [2.24, 2.45) is 4.99 Å². The van der Waals surface area contributed by atoms with E-state index >= 15 is 0 Å². The number of anilines is 1. The molecular formula is C20H27IN4S. The second-order valence-electron chi connectivity index (χ2n) is 6.10. The molecule has 4 nitrogen and oxygen atoms in total. The van der Waals surface area contributed by atoms with Gasteiger partial charge in [-0.15, -0.1) is 35.3 Å². The molecule has 0 amide bonds. The van der Waals surface area contributed by atoms with Crippen molar-refractivity contribution < 1.29 is 0 Å². The highest BCUT2D eigenvalue weighted by Gasteiger charge is 2.07. The van der Waals surface area contributed by atoms with Gasteiger partial charge in [-0.2, -0.15) is 0 Å². The second-order valence-corrected chi connectivity index (χ2v) is 7.48. The van der Waals surface area contributed by atoms with Gasteiger partial charge in [0.1, 0.15) is 0 Å². The van der Waals surface area contributed by atoms with Crippen molar-refractivity contribution >= 4 is 47.0 Å². The molecule has 0 saturated heterocycles. The summed E-state index contributed by atoms with van der Waals surface area (Å²) in [6, 6.07) is 13.0. The van der Waals surface area contributed by atoms with E-state index in [4.69, 9.17) is 4.99 Å². The molecule has 0 atom stereocenters. The van der Waals surface area contributed by atoms with Gasteiger partial charge in [-0.3, -0.25) is 0 Å². The van der Waals surface area contributed by atoms with Gasteiger partial charge in [0.15, 0.2) is 5.96 Å². The Bertz CT molecular complexity index is 729. The summed E-state index contributed by atoms with van der Waals surface area (Å²) in [5, 5.41) is 6.72. The Kier molecular flexibility index (Phi) is 8.44. The standard InChI is InChI=1S/C20H26N4S.HI/c1-3-21-20(23-15-19-11-6-16(2)25-19)22-14-17-7-9-18(10-8-17)24-12-4-5-13-24;/h4-11H,3,12-15H2,1-2H3,(H2,21,22,23);1H. The summed E-state index contributed by atoms with van der Waals surface area (Å²) in [5.41, 5.74) is 2.50.